The standard InChI is InChI=1S/C21H20F2N4O2S/c22-15-3-4-16(17(23)12-15)21(29)26-11-7-19(28)25-8-1-2-20-27-18(13-30-20)14-5-9-24-10-6-14/h3-6,9-10,12-13H,1-2,7-8,11H2,(H,25,28)(H,26,29). The normalized spacial score (nSPS) is 10.6. The van der Waals surface area contributed by atoms with Crippen molar-refractivity contribution in [3.8, 4) is 11.3 Å². The van der Waals surface area contributed by atoms with Crippen LogP contribution >= 0.6 is 11.3 Å². The van der Waals surface area contributed by atoms with Gasteiger partial charge in [-0.05, 0) is 30.7 Å². The molecule has 2 amide bonds. The average Bonchev–Trinajstić information content (AvgIpc) is 3.21. The lowest BCUT2D eigenvalue weighted by Gasteiger charge is -2.07. The van der Waals surface area contributed by atoms with E-state index in [1.807, 2.05) is 17.5 Å². The van der Waals surface area contributed by atoms with Crippen LogP contribution in [0.3, 0.4) is 0 Å². The van der Waals surface area contributed by atoms with Gasteiger partial charge < -0.3 is 10.6 Å². The molecule has 2 N–H and O–H groups in total. The van der Waals surface area contributed by atoms with Gasteiger partial charge in [0, 0.05) is 55.3 Å². The van der Waals surface area contributed by atoms with Crippen molar-refractivity contribution in [2.75, 3.05) is 13.1 Å². The second kappa shape index (κ2) is 10.5. The van der Waals surface area contributed by atoms with Crippen LogP contribution in [0.2, 0.25) is 0 Å². The third kappa shape index (κ3) is 6.15. The van der Waals surface area contributed by atoms with E-state index in [2.05, 4.69) is 20.6 Å². The Hall–Kier alpha value is -3.20. The summed E-state index contributed by atoms with van der Waals surface area (Å²) in [5.41, 5.74) is 1.67. The number of carbonyl (C=O) groups excluding carboxylic acids is 2. The monoisotopic (exact) mass is 430 g/mol. The predicted octanol–water partition coefficient (Wildman–Crippen LogP) is 3.35. The highest BCUT2D eigenvalue weighted by Gasteiger charge is 2.12. The summed E-state index contributed by atoms with van der Waals surface area (Å²) < 4.78 is 26.4. The predicted molar refractivity (Wildman–Crippen MR) is 110 cm³/mol. The molecule has 0 saturated carbocycles. The Labute approximate surface area is 176 Å². The molecule has 0 radical (unpaired) electrons. The minimum atomic E-state index is -0.939. The van der Waals surface area contributed by atoms with Crippen molar-refractivity contribution in [3.63, 3.8) is 0 Å². The van der Waals surface area contributed by atoms with Crippen LogP contribution in [0.1, 0.15) is 28.2 Å². The molecule has 0 unspecified atom stereocenters. The zero-order valence-corrected chi connectivity index (χ0v) is 16.8. The number of aryl methyl sites for hydroxylation is 1. The van der Waals surface area contributed by atoms with E-state index in [4.69, 9.17) is 0 Å². The summed E-state index contributed by atoms with van der Waals surface area (Å²) in [7, 11) is 0. The van der Waals surface area contributed by atoms with Crippen molar-refractivity contribution in [1.29, 1.82) is 0 Å². The van der Waals surface area contributed by atoms with Gasteiger partial charge in [0.2, 0.25) is 5.91 Å². The molecule has 0 aliphatic heterocycles. The number of benzene rings is 1. The third-order valence-electron chi connectivity index (χ3n) is 4.23. The van der Waals surface area contributed by atoms with Crippen LogP contribution in [0.5, 0.6) is 0 Å². The molecule has 2 heterocycles. The third-order valence-corrected chi connectivity index (χ3v) is 5.14. The SMILES string of the molecule is O=C(CCNC(=O)c1ccc(F)cc1F)NCCCc1nc(-c2ccncc2)cs1. The van der Waals surface area contributed by atoms with Gasteiger partial charge >= 0.3 is 0 Å². The van der Waals surface area contributed by atoms with Gasteiger partial charge in [-0.2, -0.15) is 0 Å². The highest BCUT2D eigenvalue weighted by Crippen LogP contribution is 2.21. The van der Waals surface area contributed by atoms with Crippen molar-refractivity contribution in [2.24, 2.45) is 0 Å². The van der Waals surface area contributed by atoms with E-state index < -0.39 is 17.5 Å². The van der Waals surface area contributed by atoms with E-state index in [1.54, 1.807) is 23.7 Å². The van der Waals surface area contributed by atoms with Crippen molar-refractivity contribution in [1.82, 2.24) is 20.6 Å². The molecule has 0 atom stereocenters. The molecule has 1 aromatic carbocycles. The van der Waals surface area contributed by atoms with Gasteiger partial charge in [0.1, 0.15) is 11.6 Å². The molecule has 0 aliphatic rings. The first kappa shape index (κ1) is 21.5. The second-order valence-corrected chi connectivity index (χ2v) is 7.39. The lowest BCUT2D eigenvalue weighted by Crippen LogP contribution is -2.31. The number of thiazole rings is 1. The molecule has 0 spiro atoms. The summed E-state index contributed by atoms with van der Waals surface area (Å²) in [6.07, 6.45) is 5.00. The van der Waals surface area contributed by atoms with E-state index in [9.17, 15) is 18.4 Å². The fourth-order valence-electron chi connectivity index (χ4n) is 2.70. The van der Waals surface area contributed by atoms with Gasteiger partial charge in [0.15, 0.2) is 0 Å². The van der Waals surface area contributed by atoms with Gasteiger partial charge in [-0.3, -0.25) is 14.6 Å². The van der Waals surface area contributed by atoms with Gasteiger partial charge in [-0.1, -0.05) is 0 Å². The lowest BCUT2D eigenvalue weighted by atomic mass is 10.2. The number of carbonyl (C=O) groups is 2. The van der Waals surface area contributed by atoms with Crippen molar-refractivity contribution >= 4 is 23.2 Å². The Morgan fingerprint density at radius 3 is 2.60 bits per heavy atom. The highest BCUT2D eigenvalue weighted by molar-refractivity contribution is 7.09. The Kier molecular flexibility index (Phi) is 7.56. The summed E-state index contributed by atoms with van der Waals surface area (Å²) in [6, 6.07) is 6.53. The van der Waals surface area contributed by atoms with E-state index in [0.717, 1.165) is 41.2 Å². The minimum Gasteiger partial charge on any atom is -0.356 e. The Morgan fingerprint density at radius 2 is 1.83 bits per heavy atom. The van der Waals surface area contributed by atoms with Gasteiger partial charge in [0.25, 0.3) is 5.91 Å². The Balaban J connectivity index is 1.32. The number of nitrogens with one attached hydrogen (secondary N) is 2. The molecule has 0 aliphatic carbocycles. The molecule has 6 nitrogen and oxygen atoms in total. The van der Waals surface area contributed by atoms with E-state index >= 15 is 0 Å². The molecule has 2 aromatic heterocycles. The first-order valence-corrected chi connectivity index (χ1v) is 10.3. The molecule has 0 fully saturated rings. The zero-order chi connectivity index (χ0) is 21.3. The summed E-state index contributed by atoms with van der Waals surface area (Å²) in [4.78, 5) is 32.3. The average molecular weight is 430 g/mol. The minimum absolute atomic E-state index is 0.0588. The lowest BCUT2D eigenvalue weighted by molar-refractivity contribution is -0.120. The fraction of sp³-hybridized carbons (Fsp3) is 0.238. The van der Waals surface area contributed by atoms with E-state index in [-0.39, 0.29) is 24.4 Å². The van der Waals surface area contributed by atoms with Crippen molar-refractivity contribution in [3.05, 3.63) is 70.3 Å². The molecular formula is C21H20F2N4O2S. The van der Waals surface area contributed by atoms with E-state index in [1.165, 1.54) is 0 Å². The summed E-state index contributed by atoms with van der Waals surface area (Å²) in [5, 5.41) is 8.21. The van der Waals surface area contributed by atoms with Gasteiger partial charge in [-0.15, -0.1) is 11.3 Å². The van der Waals surface area contributed by atoms with Crippen LogP contribution in [-0.4, -0.2) is 34.9 Å². The molecule has 30 heavy (non-hydrogen) atoms. The number of pyridine rings is 1. The number of nitrogens with zero attached hydrogens (tertiary/aromatic N) is 2. The number of hydrogen-bond donors (Lipinski definition) is 2. The number of amides is 2. The molecule has 3 rings (SSSR count). The van der Waals surface area contributed by atoms with Crippen LogP contribution in [0.4, 0.5) is 8.78 Å². The van der Waals surface area contributed by atoms with Crippen LogP contribution < -0.4 is 10.6 Å². The maximum Gasteiger partial charge on any atom is 0.254 e. The molecular weight excluding hydrogens is 410 g/mol. The van der Waals surface area contributed by atoms with Crippen LogP contribution in [0.25, 0.3) is 11.3 Å². The van der Waals surface area contributed by atoms with Crippen molar-refractivity contribution < 1.29 is 18.4 Å². The number of hydrogen-bond acceptors (Lipinski definition) is 5. The number of aromatic nitrogens is 2. The van der Waals surface area contributed by atoms with Crippen LogP contribution in [-0.2, 0) is 11.2 Å². The van der Waals surface area contributed by atoms with Gasteiger partial charge in [0.05, 0.1) is 16.3 Å². The summed E-state index contributed by atoms with van der Waals surface area (Å²) in [5.74, 6) is -2.60. The van der Waals surface area contributed by atoms with Gasteiger partial charge in [-0.25, -0.2) is 13.8 Å². The summed E-state index contributed by atoms with van der Waals surface area (Å²) >= 11 is 1.57. The first-order chi connectivity index (χ1) is 14.5. The molecule has 0 saturated heterocycles. The maximum absolute atomic E-state index is 13.5. The quantitative estimate of drug-likeness (QED) is 0.510. The first-order valence-electron chi connectivity index (χ1n) is 9.37. The highest BCUT2D eigenvalue weighted by atomic mass is 32.1. The topological polar surface area (TPSA) is 84.0 Å². The molecule has 0 bridgehead atoms. The second-order valence-electron chi connectivity index (χ2n) is 6.45. The molecule has 156 valence electrons. The van der Waals surface area contributed by atoms with Crippen molar-refractivity contribution in [2.45, 2.75) is 19.3 Å². The van der Waals surface area contributed by atoms with Crippen LogP contribution in [0.15, 0.2) is 48.1 Å². The number of halogens is 2. The molecule has 9 heteroatoms. The maximum atomic E-state index is 13.5. The smallest absolute Gasteiger partial charge is 0.254 e. The van der Waals surface area contributed by atoms with E-state index in [0.29, 0.717) is 12.6 Å². The zero-order valence-electron chi connectivity index (χ0n) is 16.0. The Morgan fingerprint density at radius 1 is 1.03 bits per heavy atom. The van der Waals surface area contributed by atoms with Crippen LogP contribution in [0, 0.1) is 11.6 Å². The molecule has 3 aromatic rings. The fourth-order valence-corrected chi connectivity index (χ4v) is 3.54. The summed E-state index contributed by atoms with van der Waals surface area (Å²) in [6.45, 7) is 0.548. The Bertz CT molecular complexity index is 1010. The number of rotatable bonds is 9. The largest absolute Gasteiger partial charge is 0.356 e.